The van der Waals surface area contributed by atoms with Gasteiger partial charge in [-0.15, -0.1) is 0 Å². The van der Waals surface area contributed by atoms with E-state index in [1.54, 1.807) is 23.1 Å². The average molecular weight is 360 g/mol. The van der Waals surface area contributed by atoms with E-state index >= 15 is 0 Å². The standard InChI is InChI=1S/C13H16BrClN4O/c1-18(2)5-6-19-12(10(14)7-17-19)13(20)9-3-4-16-8-11(9)15/h3-4,7-8,13,20H,5-6H2,1-2H3. The van der Waals surface area contributed by atoms with Crippen molar-refractivity contribution in [3.63, 3.8) is 0 Å². The van der Waals surface area contributed by atoms with Gasteiger partial charge in [0.2, 0.25) is 0 Å². The molecule has 7 heteroatoms. The third-order valence-corrected chi connectivity index (χ3v) is 3.88. The zero-order valence-corrected chi connectivity index (χ0v) is 13.6. The lowest BCUT2D eigenvalue weighted by Gasteiger charge is -2.17. The zero-order chi connectivity index (χ0) is 14.7. The minimum absolute atomic E-state index is 0.437. The van der Waals surface area contributed by atoms with Gasteiger partial charge in [-0.2, -0.15) is 5.10 Å². The fourth-order valence-corrected chi connectivity index (χ4v) is 2.61. The molecule has 0 amide bonds. The molecule has 0 bridgehead atoms. The predicted molar refractivity (Wildman–Crippen MR) is 81.8 cm³/mol. The fraction of sp³-hybridized carbons (Fsp3) is 0.385. The van der Waals surface area contributed by atoms with Crippen LogP contribution < -0.4 is 0 Å². The fourth-order valence-electron chi connectivity index (χ4n) is 1.87. The van der Waals surface area contributed by atoms with Crippen molar-refractivity contribution in [2.75, 3.05) is 20.6 Å². The highest BCUT2D eigenvalue weighted by molar-refractivity contribution is 9.10. The highest BCUT2D eigenvalue weighted by Crippen LogP contribution is 2.31. The van der Waals surface area contributed by atoms with E-state index in [1.807, 2.05) is 14.1 Å². The van der Waals surface area contributed by atoms with Crippen LogP contribution in [-0.4, -0.2) is 45.4 Å². The molecule has 108 valence electrons. The van der Waals surface area contributed by atoms with Gasteiger partial charge in [-0.1, -0.05) is 11.6 Å². The van der Waals surface area contributed by atoms with E-state index < -0.39 is 6.10 Å². The molecule has 2 aromatic rings. The number of halogens is 2. The summed E-state index contributed by atoms with van der Waals surface area (Å²) in [4.78, 5) is 5.99. The van der Waals surface area contributed by atoms with Crippen molar-refractivity contribution in [2.24, 2.45) is 0 Å². The van der Waals surface area contributed by atoms with Crippen LogP contribution in [0.5, 0.6) is 0 Å². The maximum Gasteiger partial charge on any atom is 0.123 e. The first-order chi connectivity index (χ1) is 9.50. The molecular formula is C13H16BrClN4O. The number of aliphatic hydroxyl groups excluding tert-OH is 1. The second-order valence-corrected chi connectivity index (χ2v) is 5.97. The summed E-state index contributed by atoms with van der Waals surface area (Å²) in [6.07, 6.45) is 3.97. The van der Waals surface area contributed by atoms with Gasteiger partial charge in [0.05, 0.1) is 27.9 Å². The van der Waals surface area contributed by atoms with Gasteiger partial charge in [-0.3, -0.25) is 9.67 Å². The second-order valence-electron chi connectivity index (χ2n) is 4.70. The first-order valence-electron chi connectivity index (χ1n) is 6.14. The molecule has 0 aliphatic carbocycles. The Bertz CT molecular complexity index is 588. The van der Waals surface area contributed by atoms with E-state index in [9.17, 15) is 5.11 Å². The van der Waals surface area contributed by atoms with E-state index in [2.05, 4.69) is 30.9 Å². The Hall–Kier alpha value is -0.950. The minimum atomic E-state index is -0.843. The number of hydrogen-bond acceptors (Lipinski definition) is 4. The quantitative estimate of drug-likeness (QED) is 0.890. The molecule has 20 heavy (non-hydrogen) atoms. The summed E-state index contributed by atoms with van der Waals surface area (Å²) in [6, 6.07) is 1.71. The van der Waals surface area contributed by atoms with Crippen molar-refractivity contribution >= 4 is 27.5 Å². The van der Waals surface area contributed by atoms with E-state index in [4.69, 9.17) is 11.6 Å². The van der Waals surface area contributed by atoms with Crippen molar-refractivity contribution < 1.29 is 5.11 Å². The number of rotatable bonds is 5. The maximum atomic E-state index is 10.6. The number of pyridine rings is 1. The topological polar surface area (TPSA) is 54.2 Å². The van der Waals surface area contributed by atoms with E-state index in [-0.39, 0.29) is 0 Å². The summed E-state index contributed by atoms with van der Waals surface area (Å²) < 4.78 is 2.54. The van der Waals surface area contributed by atoms with Gasteiger partial charge in [0, 0.05) is 24.5 Å². The smallest absolute Gasteiger partial charge is 0.123 e. The molecule has 0 saturated carbocycles. The molecule has 5 nitrogen and oxygen atoms in total. The van der Waals surface area contributed by atoms with Crippen molar-refractivity contribution in [1.82, 2.24) is 19.7 Å². The predicted octanol–water partition coefficient (Wildman–Crippen LogP) is 2.34. The third-order valence-electron chi connectivity index (χ3n) is 2.95. The molecule has 2 heterocycles. The lowest BCUT2D eigenvalue weighted by Crippen LogP contribution is -2.21. The van der Waals surface area contributed by atoms with Crippen LogP contribution in [0.4, 0.5) is 0 Å². The molecule has 0 saturated heterocycles. The number of aliphatic hydroxyl groups is 1. The van der Waals surface area contributed by atoms with E-state index in [0.29, 0.717) is 22.8 Å². The highest BCUT2D eigenvalue weighted by atomic mass is 79.9. The molecule has 0 fully saturated rings. The highest BCUT2D eigenvalue weighted by Gasteiger charge is 2.21. The van der Waals surface area contributed by atoms with Crippen LogP contribution in [0.3, 0.4) is 0 Å². The number of likely N-dealkylation sites (N-methyl/N-ethyl adjacent to an activating group) is 1. The second kappa shape index (κ2) is 6.67. The molecule has 1 unspecified atom stereocenters. The Labute approximate surface area is 131 Å². The van der Waals surface area contributed by atoms with Gasteiger partial charge in [-0.25, -0.2) is 0 Å². The van der Waals surface area contributed by atoms with Crippen molar-refractivity contribution in [3.8, 4) is 0 Å². The van der Waals surface area contributed by atoms with Crippen molar-refractivity contribution in [2.45, 2.75) is 12.6 Å². The lowest BCUT2D eigenvalue weighted by atomic mass is 10.1. The average Bonchev–Trinajstić information content (AvgIpc) is 2.77. The lowest BCUT2D eigenvalue weighted by molar-refractivity contribution is 0.205. The Morgan fingerprint density at radius 1 is 1.45 bits per heavy atom. The van der Waals surface area contributed by atoms with Crippen LogP contribution in [0.15, 0.2) is 29.1 Å². The molecule has 0 aliphatic rings. The maximum absolute atomic E-state index is 10.6. The van der Waals surface area contributed by atoms with Gasteiger partial charge >= 0.3 is 0 Å². The van der Waals surface area contributed by atoms with Crippen LogP contribution in [0.25, 0.3) is 0 Å². The Kier molecular flexibility index (Phi) is 5.15. The summed E-state index contributed by atoms with van der Waals surface area (Å²) in [5, 5.41) is 15.3. The zero-order valence-electron chi connectivity index (χ0n) is 11.3. The van der Waals surface area contributed by atoms with Gasteiger partial charge < -0.3 is 10.0 Å². The molecule has 1 atom stereocenters. The Morgan fingerprint density at radius 3 is 2.85 bits per heavy atom. The molecule has 2 aromatic heterocycles. The van der Waals surface area contributed by atoms with Crippen LogP contribution >= 0.6 is 27.5 Å². The normalized spacial score (nSPS) is 12.9. The molecule has 0 aliphatic heterocycles. The largest absolute Gasteiger partial charge is 0.382 e. The van der Waals surface area contributed by atoms with Gasteiger partial charge in [0.25, 0.3) is 0 Å². The first kappa shape index (κ1) is 15.4. The Morgan fingerprint density at radius 2 is 2.20 bits per heavy atom. The third kappa shape index (κ3) is 3.38. The SMILES string of the molecule is CN(C)CCn1ncc(Br)c1C(O)c1ccncc1Cl. The minimum Gasteiger partial charge on any atom is -0.382 e. The van der Waals surface area contributed by atoms with Crippen molar-refractivity contribution in [3.05, 3.63) is 45.4 Å². The van der Waals surface area contributed by atoms with E-state index in [0.717, 1.165) is 11.0 Å². The monoisotopic (exact) mass is 358 g/mol. The summed E-state index contributed by atoms with van der Waals surface area (Å²) in [6.45, 7) is 1.52. The number of hydrogen-bond donors (Lipinski definition) is 1. The summed E-state index contributed by atoms with van der Waals surface area (Å²) in [7, 11) is 3.99. The summed E-state index contributed by atoms with van der Waals surface area (Å²) in [5.74, 6) is 0. The Balaban J connectivity index is 2.32. The number of aromatic nitrogens is 3. The van der Waals surface area contributed by atoms with Crippen LogP contribution in [0.1, 0.15) is 17.4 Å². The summed E-state index contributed by atoms with van der Waals surface area (Å²) >= 11 is 9.52. The van der Waals surface area contributed by atoms with Gasteiger partial charge in [-0.05, 0) is 36.1 Å². The summed E-state index contributed by atoms with van der Waals surface area (Å²) in [5.41, 5.74) is 1.31. The molecular weight excluding hydrogens is 344 g/mol. The molecule has 1 N–H and O–H groups in total. The van der Waals surface area contributed by atoms with Crippen LogP contribution in [-0.2, 0) is 6.54 Å². The van der Waals surface area contributed by atoms with E-state index in [1.165, 1.54) is 6.20 Å². The molecule has 0 aromatic carbocycles. The first-order valence-corrected chi connectivity index (χ1v) is 7.31. The molecule has 2 rings (SSSR count). The van der Waals surface area contributed by atoms with Crippen LogP contribution in [0, 0.1) is 0 Å². The number of nitrogens with zero attached hydrogens (tertiary/aromatic N) is 4. The van der Waals surface area contributed by atoms with Gasteiger partial charge in [0.15, 0.2) is 0 Å². The molecule has 0 radical (unpaired) electrons. The van der Waals surface area contributed by atoms with Crippen LogP contribution in [0.2, 0.25) is 5.02 Å². The molecule has 0 spiro atoms. The van der Waals surface area contributed by atoms with Gasteiger partial charge in [0.1, 0.15) is 6.10 Å². The van der Waals surface area contributed by atoms with Crippen molar-refractivity contribution in [1.29, 1.82) is 0 Å².